The van der Waals surface area contributed by atoms with Crippen molar-refractivity contribution in [1.29, 1.82) is 0 Å². The molecule has 0 bridgehead atoms. The van der Waals surface area contributed by atoms with Crippen LogP contribution in [0.25, 0.3) is 11.3 Å². The van der Waals surface area contributed by atoms with Gasteiger partial charge in [0.2, 0.25) is 5.95 Å². The second-order valence-electron chi connectivity index (χ2n) is 8.62. The fourth-order valence-corrected chi connectivity index (χ4v) is 4.86. The van der Waals surface area contributed by atoms with Crippen molar-refractivity contribution in [1.82, 2.24) is 19.8 Å². The van der Waals surface area contributed by atoms with Gasteiger partial charge in [0.25, 0.3) is 5.91 Å². The van der Waals surface area contributed by atoms with Crippen molar-refractivity contribution in [3.8, 4) is 11.3 Å². The van der Waals surface area contributed by atoms with Gasteiger partial charge in [-0.3, -0.25) is 9.69 Å². The van der Waals surface area contributed by atoms with Crippen LogP contribution in [0.15, 0.2) is 60.8 Å². The average molecular weight is 498 g/mol. The molecule has 7 nitrogen and oxygen atoms in total. The van der Waals surface area contributed by atoms with Crippen LogP contribution in [0.2, 0.25) is 10.0 Å². The molecule has 2 aliphatic heterocycles. The van der Waals surface area contributed by atoms with Gasteiger partial charge >= 0.3 is 0 Å². The fraction of sp³-hybridized carbons (Fsp3) is 0.320. The summed E-state index contributed by atoms with van der Waals surface area (Å²) in [5.41, 5.74) is 2.42. The molecule has 1 amide bonds. The number of hydrogen-bond donors (Lipinski definition) is 1. The van der Waals surface area contributed by atoms with E-state index in [0.29, 0.717) is 60.8 Å². The number of nitrogens with zero attached hydrogens (tertiary/aromatic N) is 5. The molecular weight excluding hydrogens is 473 g/mol. The zero-order valence-corrected chi connectivity index (χ0v) is 20.0. The molecule has 5 rings (SSSR count). The first-order chi connectivity index (χ1) is 16.5. The first-order valence-electron chi connectivity index (χ1n) is 11.3. The zero-order valence-electron chi connectivity index (χ0n) is 18.5. The van der Waals surface area contributed by atoms with Crippen LogP contribution in [0.5, 0.6) is 0 Å². The van der Waals surface area contributed by atoms with Gasteiger partial charge in [0, 0.05) is 66.6 Å². The minimum absolute atomic E-state index is 0.0114. The number of rotatable bonds is 4. The Morgan fingerprint density at radius 3 is 2.21 bits per heavy atom. The molecule has 3 aromatic rings. The maximum Gasteiger partial charge on any atom is 0.253 e. The van der Waals surface area contributed by atoms with Gasteiger partial charge in [0.15, 0.2) is 0 Å². The lowest BCUT2D eigenvalue weighted by Gasteiger charge is -2.38. The normalized spacial score (nSPS) is 21.1. The number of carbonyl (C=O) groups excluding carboxylic acids is 1. The molecule has 2 atom stereocenters. The molecule has 2 aliphatic rings. The maximum absolute atomic E-state index is 12.8. The van der Waals surface area contributed by atoms with Gasteiger partial charge in [-0.15, -0.1) is 0 Å². The molecular formula is C25H25Cl2N5O2. The molecule has 2 saturated heterocycles. The summed E-state index contributed by atoms with van der Waals surface area (Å²) >= 11 is 11.9. The van der Waals surface area contributed by atoms with Gasteiger partial charge in [0.1, 0.15) is 0 Å². The highest BCUT2D eigenvalue weighted by molar-refractivity contribution is 6.30. The van der Waals surface area contributed by atoms with Gasteiger partial charge in [-0.05, 0) is 42.5 Å². The number of halogens is 2. The van der Waals surface area contributed by atoms with E-state index >= 15 is 0 Å². The van der Waals surface area contributed by atoms with Crippen LogP contribution in [0.4, 0.5) is 5.95 Å². The third-order valence-electron chi connectivity index (χ3n) is 6.49. The number of piperazine rings is 1. The Morgan fingerprint density at radius 2 is 1.53 bits per heavy atom. The SMILES string of the molecule is O=C(c1ccc(Cl)cc1)N1CCN(C2CN(c3nccc(-c4ccc(Cl)cc4)n3)CC2O)CC1. The smallest absolute Gasteiger partial charge is 0.253 e. The van der Waals surface area contributed by atoms with Crippen molar-refractivity contribution < 1.29 is 9.90 Å². The number of aliphatic hydroxyl groups is 1. The van der Waals surface area contributed by atoms with Crippen LogP contribution in [-0.2, 0) is 0 Å². The highest BCUT2D eigenvalue weighted by Crippen LogP contribution is 2.25. The molecule has 1 aromatic heterocycles. The van der Waals surface area contributed by atoms with Crippen LogP contribution in [0.1, 0.15) is 10.4 Å². The van der Waals surface area contributed by atoms with Crippen molar-refractivity contribution in [2.45, 2.75) is 12.1 Å². The van der Waals surface area contributed by atoms with Crippen molar-refractivity contribution in [3.05, 3.63) is 76.4 Å². The minimum atomic E-state index is -0.513. The van der Waals surface area contributed by atoms with Crippen LogP contribution >= 0.6 is 23.2 Å². The molecule has 34 heavy (non-hydrogen) atoms. The number of amides is 1. The molecule has 0 saturated carbocycles. The van der Waals surface area contributed by atoms with Crippen LogP contribution in [-0.4, -0.2) is 82.2 Å². The third kappa shape index (κ3) is 4.88. The van der Waals surface area contributed by atoms with Gasteiger partial charge in [-0.25, -0.2) is 9.97 Å². The first-order valence-corrected chi connectivity index (χ1v) is 12.0. The second-order valence-corrected chi connectivity index (χ2v) is 9.50. The quantitative estimate of drug-likeness (QED) is 0.594. The van der Waals surface area contributed by atoms with E-state index in [-0.39, 0.29) is 11.9 Å². The molecule has 0 aliphatic carbocycles. The number of carbonyl (C=O) groups is 1. The van der Waals surface area contributed by atoms with E-state index in [1.54, 1.807) is 30.5 Å². The largest absolute Gasteiger partial charge is 0.390 e. The summed E-state index contributed by atoms with van der Waals surface area (Å²) in [5.74, 6) is 0.614. The molecule has 2 unspecified atom stereocenters. The van der Waals surface area contributed by atoms with Gasteiger partial charge in [-0.1, -0.05) is 35.3 Å². The lowest BCUT2D eigenvalue weighted by Crippen LogP contribution is -2.54. The van der Waals surface area contributed by atoms with Gasteiger partial charge < -0.3 is 14.9 Å². The Hall–Kier alpha value is -2.71. The highest BCUT2D eigenvalue weighted by atomic mass is 35.5. The number of aromatic nitrogens is 2. The molecule has 2 aromatic carbocycles. The minimum Gasteiger partial charge on any atom is -0.390 e. The lowest BCUT2D eigenvalue weighted by atomic mass is 10.1. The summed E-state index contributed by atoms with van der Waals surface area (Å²) in [4.78, 5) is 28.1. The summed E-state index contributed by atoms with van der Waals surface area (Å²) in [6.45, 7) is 3.76. The summed E-state index contributed by atoms with van der Waals surface area (Å²) < 4.78 is 0. The molecule has 176 valence electrons. The van der Waals surface area contributed by atoms with E-state index < -0.39 is 6.10 Å². The number of anilines is 1. The molecule has 0 spiro atoms. The third-order valence-corrected chi connectivity index (χ3v) is 6.99. The van der Waals surface area contributed by atoms with Crippen LogP contribution in [0, 0.1) is 0 Å². The Labute approximate surface area is 208 Å². The highest BCUT2D eigenvalue weighted by Gasteiger charge is 2.38. The maximum atomic E-state index is 12.8. The summed E-state index contributed by atoms with van der Waals surface area (Å²) in [6.07, 6.45) is 1.23. The summed E-state index contributed by atoms with van der Waals surface area (Å²) in [7, 11) is 0. The monoisotopic (exact) mass is 497 g/mol. The molecule has 9 heteroatoms. The first kappa shape index (κ1) is 23.1. The van der Waals surface area contributed by atoms with E-state index in [4.69, 9.17) is 28.2 Å². The predicted octanol–water partition coefficient (Wildman–Crippen LogP) is 3.46. The van der Waals surface area contributed by atoms with Gasteiger partial charge in [-0.2, -0.15) is 0 Å². The second kappa shape index (κ2) is 9.88. The molecule has 3 heterocycles. The van der Waals surface area contributed by atoms with Crippen LogP contribution in [0.3, 0.4) is 0 Å². The number of benzene rings is 2. The Bertz CT molecular complexity index is 1150. The predicted molar refractivity (Wildman–Crippen MR) is 133 cm³/mol. The van der Waals surface area contributed by atoms with Crippen molar-refractivity contribution >= 4 is 35.1 Å². The standard InChI is InChI=1S/C25H25Cl2N5O2/c26-19-5-1-17(2-6-19)21-9-10-28-25(29-21)32-15-22(23(33)16-32)30-11-13-31(14-12-30)24(34)18-3-7-20(27)8-4-18/h1-10,22-23,33H,11-16H2. The summed E-state index contributed by atoms with van der Waals surface area (Å²) in [5, 5.41) is 12.1. The van der Waals surface area contributed by atoms with Crippen LogP contribution < -0.4 is 4.90 Å². The lowest BCUT2D eigenvalue weighted by molar-refractivity contribution is 0.0376. The average Bonchev–Trinajstić information content (AvgIpc) is 3.26. The van der Waals surface area contributed by atoms with Crippen molar-refractivity contribution in [3.63, 3.8) is 0 Å². The van der Waals surface area contributed by atoms with E-state index in [0.717, 1.165) is 11.3 Å². The number of hydrogen-bond acceptors (Lipinski definition) is 6. The Kier molecular flexibility index (Phi) is 6.70. The van der Waals surface area contributed by atoms with E-state index in [9.17, 15) is 9.90 Å². The van der Waals surface area contributed by atoms with E-state index in [2.05, 4.69) is 9.88 Å². The molecule has 1 N–H and O–H groups in total. The van der Waals surface area contributed by atoms with Gasteiger partial charge in [0.05, 0.1) is 17.8 Å². The Morgan fingerprint density at radius 1 is 0.882 bits per heavy atom. The number of β-amino-alcohol motifs (C(OH)–C–C–N with tert-alkyl or cyclic N) is 1. The molecule has 0 radical (unpaired) electrons. The van der Waals surface area contributed by atoms with E-state index in [1.165, 1.54) is 0 Å². The number of aliphatic hydroxyl groups excluding tert-OH is 1. The van der Waals surface area contributed by atoms with Crippen molar-refractivity contribution in [2.24, 2.45) is 0 Å². The van der Waals surface area contributed by atoms with Crippen molar-refractivity contribution in [2.75, 3.05) is 44.2 Å². The molecule has 2 fully saturated rings. The zero-order chi connectivity index (χ0) is 23.7. The van der Waals surface area contributed by atoms with E-state index in [1.807, 2.05) is 40.1 Å². The Balaban J connectivity index is 1.22. The summed E-state index contributed by atoms with van der Waals surface area (Å²) in [6, 6.07) is 16.4. The topological polar surface area (TPSA) is 72.8 Å². The fourth-order valence-electron chi connectivity index (χ4n) is 4.61.